The average molecular weight is 1600 g/mol. The Morgan fingerprint density at radius 1 is 0.319 bits per heavy atom. The van der Waals surface area contributed by atoms with Crippen molar-refractivity contribution in [1.29, 1.82) is 0 Å². The predicted octanol–water partition coefficient (Wildman–Crippen LogP) is 27.0. The van der Waals surface area contributed by atoms with Crippen LogP contribution in [0.5, 0.6) is 23.0 Å². The molecule has 116 heavy (non-hydrogen) atoms. The molecule has 0 saturated heterocycles. The number of hydrogen-bond donors (Lipinski definition) is 0. The van der Waals surface area contributed by atoms with E-state index in [9.17, 15) is 19.2 Å². The van der Waals surface area contributed by atoms with Gasteiger partial charge < -0.3 is 37.9 Å². The Labute approximate surface area is 704 Å². The molecule has 0 radical (unpaired) electrons. The van der Waals surface area contributed by atoms with Crippen molar-refractivity contribution in [1.82, 2.24) is 0 Å². The second-order valence-corrected chi connectivity index (χ2v) is 38.6. The molecule has 20 rings (SSSR count). The summed E-state index contributed by atoms with van der Waals surface area (Å²) in [5.74, 6) is 15.3. The van der Waals surface area contributed by atoms with Crippen LogP contribution in [0.15, 0.2) is 97.1 Å². The molecule has 0 aliphatic heterocycles. The van der Waals surface area contributed by atoms with Crippen LogP contribution in [0.4, 0.5) is 0 Å². The van der Waals surface area contributed by atoms with E-state index >= 15 is 0 Å². The van der Waals surface area contributed by atoms with E-state index in [0.29, 0.717) is 134 Å². The lowest BCUT2D eigenvalue weighted by molar-refractivity contribution is -0.211. The molecule has 12 nitrogen and oxygen atoms in total. The third-order valence-corrected chi connectivity index (χ3v) is 30.8. The lowest BCUT2D eigenvalue weighted by Crippen LogP contribution is -2.59. The molecule has 0 heterocycles. The fourth-order valence-corrected chi connectivity index (χ4v) is 25.2. The highest BCUT2D eigenvalue weighted by molar-refractivity contribution is 5.71. The van der Waals surface area contributed by atoms with Crippen LogP contribution in [0.2, 0.25) is 0 Å². The van der Waals surface area contributed by atoms with E-state index in [0.717, 1.165) is 97.0 Å². The maximum atomic E-state index is 12.7. The van der Waals surface area contributed by atoms with E-state index in [4.69, 9.17) is 37.9 Å². The summed E-state index contributed by atoms with van der Waals surface area (Å²) in [6, 6.07) is 33.1. The van der Waals surface area contributed by atoms with Gasteiger partial charge in [-0.2, -0.15) is 0 Å². The van der Waals surface area contributed by atoms with E-state index in [1.807, 2.05) is 76.2 Å². The molecular weight excluding hydrogens is 1440 g/mol. The Hall–Kier alpha value is -6.04. The van der Waals surface area contributed by atoms with Crippen molar-refractivity contribution in [2.24, 2.45) is 93.7 Å². The first-order chi connectivity index (χ1) is 55.0. The molecule has 16 aliphatic rings. The quantitative estimate of drug-likeness (QED) is 0.0362. The minimum absolute atomic E-state index is 0. The molecule has 12 heteroatoms. The van der Waals surface area contributed by atoms with Crippen molar-refractivity contribution >= 4 is 23.9 Å². The summed E-state index contributed by atoms with van der Waals surface area (Å²) in [5, 5.41) is 0. The molecule has 4 aromatic carbocycles. The van der Waals surface area contributed by atoms with Gasteiger partial charge in [0, 0.05) is 0 Å². The minimum atomic E-state index is -0.192. The van der Waals surface area contributed by atoms with Crippen LogP contribution >= 0.6 is 0 Å². The number of benzene rings is 4. The number of esters is 4. The SMILES string of the molecule is C.C.CC.CC.CCC(C)c1ccc(OCCC(=O)OC2(CC)C3CC4CC(C3)CC2C4)cc1.CCC(C)c1ccc(OCCC(=O)OC2(CC)C3CC4CC(C3)CC2C4)cc1.CCC(C)c1ccc(OCCC(=O)OC2C3CC4CC2CC(C)(C4)C3)cc1.CCC(C)c1ccc(OCCC(=O)OC2C3CC4CC2CC(C)(C4)C3)cc1. The Morgan fingerprint density at radius 3 is 0.750 bits per heavy atom. The van der Waals surface area contributed by atoms with Crippen molar-refractivity contribution in [3.63, 3.8) is 0 Å². The van der Waals surface area contributed by atoms with E-state index in [-0.39, 0.29) is 62.1 Å². The Balaban J connectivity index is 0.000000173. The van der Waals surface area contributed by atoms with Gasteiger partial charge in [0.15, 0.2) is 0 Å². The Kier molecular flexibility index (Phi) is 34.7. The molecule has 0 spiro atoms. The van der Waals surface area contributed by atoms with Crippen LogP contribution in [-0.2, 0) is 38.1 Å². The van der Waals surface area contributed by atoms with Crippen molar-refractivity contribution in [2.75, 3.05) is 26.4 Å². The fraction of sp³-hybridized carbons (Fsp3) is 0.731. The molecule has 16 bridgehead atoms. The van der Waals surface area contributed by atoms with Crippen LogP contribution in [0.1, 0.15) is 364 Å². The molecule has 0 aromatic heterocycles. The van der Waals surface area contributed by atoms with Gasteiger partial charge in [0.1, 0.15) is 46.4 Å². The van der Waals surface area contributed by atoms with Gasteiger partial charge in [0.2, 0.25) is 0 Å². The highest BCUT2D eigenvalue weighted by Gasteiger charge is 2.61. The van der Waals surface area contributed by atoms with Crippen molar-refractivity contribution in [3.8, 4) is 23.0 Å². The van der Waals surface area contributed by atoms with Crippen LogP contribution in [0.3, 0.4) is 0 Å². The number of rotatable bonds is 30. The van der Waals surface area contributed by atoms with Gasteiger partial charge >= 0.3 is 23.9 Å². The zero-order valence-corrected chi connectivity index (χ0v) is 73.7. The van der Waals surface area contributed by atoms with Crippen LogP contribution < -0.4 is 18.9 Å². The van der Waals surface area contributed by atoms with E-state index in [1.54, 1.807) is 0 Å². The topological polar surface area (TPSA) is 142 Å². The zero-order chi connectivity index (χ0) is 81.5. The Bertz CT molecular complexity index is 3310. The van der Waals surface area contributed by atoms with Gasteiger partial charge in [0.05, 0.1) is 52.1 Å². The summed E-state index contributed by atoms with van der Waals surface area (Å²) >= 11 is 0. The molecule has 16 saturated carbocycles. The smallest absolute Gasteiger partial charge is 0.309 e. The summed E-state index contributed by atoms with van der Waals surface area (Å²) in [6.45, 7) is 36.6. The standard InChI is InChI=1S/2C25H36O3.2C24H34O3.2C2H6.2CH4/c2*1-4-17(3)20-6-8-23(9-7-20)27-11-10-24(26)28-25(5-2)21-13-18-12-19(15-21)16-22(25)14-18;2*1-4-16(2)18-5-7-21(8-6-18)26-10-9-22(25)27-23-19-11-17-12-20(23)15-24(3,13-17)14-19;2*1-2;;/h2*6-9,17-19,21-22H,4-5,10-16H2,1-3H3;2*5-8,16-17,19-20,23H,4,9-15H2,1-3H3;2*1-2H3;2*1H4. The number of carbonyl (C=O) groups excluding carboxylic acids is 4. The third-order valence-electron chi connectivity index (χ3n) is 30.8. The molecule has 0 amide bonds. The molecule has 16 aliphatic carbocycles. The van der Waals surface area contributed by atoms with Gasteiger partial charge in [-0.05, 0) is 355 Å². The van der Waals surface area contributed by atoms with Crippen LogP contribution in [0.25, 0.3) is 0 Å². The highest BCUT2D eigenvalue weighted by Crippen LogP contribution is 2.64. The maximum Gasteiger partial charge on any atom is 0.309 e. The summed E-state index contributed by atoms with van der Waals surface area (Å²) < 4.78 is 47.6. The Morgan fingerprint density at radius 2 is 0.543 bits per heavy atom. The number of ether oxygens (including phenoxy) is 8. The summed E-state index contributed by atoms with van der Waals surface area (Å²) in [7, 11) is 0. The monoisotopic (exact) mass is 1600 g/mol. The predicted molar refractivity (Wildman–Crippen MR) is 473 cm³/mol. The van der Waals surface area contributed by atoms with Crippen molar-refractivity contribution < 1.29 is 57.1 Å². The summed E-state index contributed by atoms with van der Waals surface area (Å²) in [6.07, 6.45) is 34.0. The van der Waals surface area contributed by atoms with Crippen LogP contribution in [0, 0.1) is 93.7 Å². The first-order valence-electron chi connectivity index (χ1n) is 46.7. The first-order valence-corrected chi connectivity index (χ1v) is 46.7. The largest absolute Gasteiger partial charge is 0.493 e. The third kappa shape index (κ3) is 23.0. The van der Waals surface area contributed by atoms with Gasteiger partial charge in [-0.15, -0.1) is 0 Å². The number of carbonyl (C=O) groups is 4. The highest BCUT2D eigenvalue weighted by atomic mass is 16.6. The molecule has 648 valence electrons. The summed E-state index contributed by atoms with van der Waals surface area (Å²) in [5.41, 5.74) is 5.99. The van der Waals surface area contributed by atoms with Gasteiger partial charge in [-0.1, -0.05) is 174 Å². The van der Waals surface area contributed by atoms with Crippen molar-refractivity contribution in [2.45, 2.75) is 365 Å². The molecule has 4 aromatic rings. The van der Waals surface area contributed by atoms with Gasteiger partial charge in [-0.25, -0.2) is 0 Å². The van der Waals surface area contributed by atoms with Crippen LogP contribution in [-0.4, -0.2) is 73.7 Å². The molecule has 16 fully saturated rings. The maximum absolute atomic E-state index is 12.7. The average Bonchev–Trinajstić information content (AvgIpc) is 0.736. The van der Waals surface area contributed by atoms with Gasteiger partial charge in [-0.3, -0.25) is 19.2 Å². The number of hydrogen-bond acceptors (Lipinski definition) is 12. The molecule has 0 N–H and O–H groups in total. The van der Waals surface area contributed by atoms with Crippen molar-refractivity contribution in [3.05, 3.63) is 119 Å². The normalized spacial score (nSPS) is 33.0. The minimum Gasteiger partial charge on any atom is -0.493 e. The second-order valence-electron chi connectivity index (χ2n) is 38.6. The fourth-order valence-electron chi connectivity index (χ4n) is 25.2. The molecule has 8 unspecified atom stereocenters. The van der Waals surface area contributed by atoms with E-state index in [2.05, 4.69) is 132 Å². The molecule has 8 atom stereocenters. The van der Waals surface area contributed by atoms with E-state index in [1.165, 1.54) is 151 Å². The lowest BCUT2D eigenvalue weighted by atomic mass is 9.49. The van der Waals surface area contributed by atoms with Gasteiger partial charge in [0.25, 0.3) is 0 Å². The zero-order valence-electron chi connectivity index (χ0n) is 73.7. The molecular formula is C104H160O12. The second kappa shape index (κ2) is 42.9. The summed E-state index contributed by atoms with van der Waals surface area (Å²) in [4.78, 5) is 50.1. The van der Waals surface area contributed by atoms with E-state index < -0.39 is 0 Å². The first kappa shape index (κ1) is 93.8. The lowest BCUT2D eigenvalue weighted by Gasteiger charge is -2.60.